The van der Waals surface area contributed by atoms with Gasteiger partial charge in [0.1, 0.15) is 6.54 Å². The predicted molar refractivity (Wildman–Crippen MR) is 125 cm³/mol. The number of benzene rings is 3. The number of hydrogen-bond donors (Lipinski definition) is 1. The Morgan fingerprint density at radius 3 is 2.32 bits per heavy atom. The van der Waals surface area contributed by atoms with E-state index < -0.39 is 15.9 Å². The fraction of sp³-hybridized carbons (Fsp3) is 0.208. The molecule has 3 aromatic carbocycles. The summed E-state index contributed by atoms with van der Waals surface area (Å²) in [4.78, 5) is 12.9. The monoisotopic (exact) mass is 456 g/mol. The fourth-order valence-corrected chi connectivity index (χ4v) is 4.84. The predicted octanol–water partition coefficient (Wildman–Crippen LogP) is 4.78. The molecule has 0 saturated heterocycles. The third kappa shape index (κ3) is 5.66. The van der Waals surface area contributed by atoms with Gasteiger partial charge in [-0.3, -0.25) is 9.10 Å². The standard InChI is InChI=1S/C24H25ClN2O3S/c1-17-7-11-22(12-8-17)31(29,30)27(23-14-21(25)10-9-19(23)3)16-24(28)26-15-20-6-4-5-18(2)13-20/h4-14H,15-16H2,1-3H3,(H,26,28). The molecule has 0 heterocycles. The Kier molecular flexibility index (Phi) is 7.03. The fourth-order valence-electron chi connectivity index (χ4n) is 3.20. The van der Waals surface area contributed by atoms with Crippen molar-refractivity contribution in [2.24, 2.45) is 0 Å². The molecule has 5 nitrogen and oxygen atoms in total. The molecule has 0 fully saturated rings. The number of anilines is 1. The Morgan fingerprint density at radius 1 is 0.935 bits per heavy atom. The first kappa shape index (κ1) is 22.8. The van der Waals surface area contributed by atoms with E-state index >= 15 is 0 Å². The summed E-state index contributed by atoms with van der Waals surface area (Å²) < 4.78 is 28.0. The zero-order valence-corrected chi connectivity index (χ0v) is 19.3. The van der Waals surface area contributed by atoms with Crippen LogP contribution in [0.5, 0.6) is 0 Å². The highest BCUT2D eigenvalue weighted by atomic mass is 35.5. The van der Waals surface area contributed by atoms with Crippen LogP contribution in [0.3, 0.4) is 0 Å². The lowest BCUT2D eigenvalue weighted by molar-refractivity contribution is -0.119. The number of nitrogens with zero attached hydrogens (tertiary/aromatic N) is 1. The molecule has 7 heteroatoms. The third-order valence-corrected chi connectivity index (χ3v) is 6.92. The minimum absolute atomic E-state index is 0.115. The second-order valence-electron chi connectivity index (χ2n) is 7.52. The number of aryl methyl sites for hydroxylation is 3. The topological polar surface area (TPSA) is 66.5 Å². The second-order valence-corrected chi connectivity index (χ2v) is 9.82. The van der Waals surface area contributed by atoms with Crippen LogP contribution in [-0.4, -0.2) is 20.9 Å². The molecule has 0 saturated carbocycles. The van der Waals surface area contributed by atoms with Crippen molar-refractivity contribution in [2.75, 3.05) is 10.8 Å². The lowest BCUT2D eigenvalue weighted by Crippen LogP contribution is -2.41. The Labute approximate surface area is 188 Å². The summed E-state index contributed by atoms with van der Waals surface area (Å²) in [5.74, 6) is -0.406. The van der Waals surface area contributed by atoms with Crippen LogP contribution >= 0.6 is 11.6 Å². The molecule has 0 unspecified atom stereocenters. The molecule has 0 spiro atoms. The van der Waals surface area contributed by atoms with Crippen molar-refractivity contribution >= 4 is 33.2 Å². The van der Waals surface area contributed by atoms with Crippen LogP contribution in [0.15, 0.2) is 71.6 Å². The lowest BCUT2D eigenvalue weighted by atomic mass is 10.1. The number of sulfonamides is 1. The maximum atomic E-state index is 13.5. The summed E-state index contributed by atoms with van der Waals surface area (Å²) in [5, 5.41) is 3.21. The number of carbonyl (C=O) groups is 1. The minimum atomic E-state index is -3.98. The van der Waals surface area contributed by atoms with Crippen molar-refractivity contribution < 1.29 is 13.2 Å². The van der Waals surface area contributed by atoms with Crippen LogP contribution in [0.1, 0.15) is 22.3 Å². The molecular formula is C24H25ClN2O3S. The van der Waals surface area contributed by atoms with Gasteiger partial charge in [0.15, 0.2) is 0 Å². The SMILES string of the molecule is Cc1ccc(S(=O)(=O)N(CC(=O)NCc2cccc(C)c2)c2cc(Cl)ccc2C)cc1. The zero-order chi connectivity index (χ0) is 22.6. The number of hydrogen-bond acceptors (Lipinski definition) is 3. The van der Waals surface area contributed by atoms with Crippen molar-refractivity contribution in [3.63, 3.8) is 0 Å². The van der Waals surface area contributed by atoms with Crippen LogP contribution in [0, 0.1) is 20.8 Å². The number of halogens is 1. The van der Waals surface area contributed by atoms with Gasteiger partial charge in [0.05, 0.1) is 10.6 Å². The smallest absolute Gasteiger partial charge is 0.264 e. The summed E-state index contributed by atoms with van der Waals surface area (Å²) in [5.41, 5.74) is 4.05. The third-order valence-electron chi connectivity index (χ3n) is 4.91. The van der Waals surface area contributed by atoms with E-state index in [-0.39, 0.29) is 11.4 Å². The van der Waals surface area contributed by atoms with E-state index in [9.17, 15) is 13.2 Å². The lowest BCUT2D eigenvalue weighted by Gasteiger charge is -2.26. The maximum absolute atomic E-state index is 13.5. The molecule has 0 radical (unpaired) electrons. The number of nitrogens with one attached hydrogen (secondary N) is 1. The summed E-state index contributed by atoms with van der Waals surface area (Å²) in [6.07, 6.45) is 0. The van der Waals surface area contributed by atoms with Gasteiger partial charge in [0.25, 0.3) is 10.0 Å². The van der Waals surface area contributed by atoms with E-state index in [1.165, 1.54) is 0 Å². The van der Waals surface area contributed by atoms with E-state index in [0.29, 0.717) is 22.8 Å². The van der Waals surface area contributed by atoms with Crippen LogP contribution in [0.25, 0.3) is 0 Å². The molecule has 1 N–H and O–H groups in total. The molecule has 0 aromatic heterocycles. The highest BCUT2D eigenvalue weighted by Gasteiger charge is 2.28. The van der Waals surface area contributed by atoms with Gasteiger partial charge in [-0.15, -0.1) is 0 Å². The molecule has 0 aliphatic rings. The van der Waals surface area contributed by atoms with Gasteiger partial charge in [-0.05, 0) is 56.2 Å². The maximum Gasteiger partial charge on any atom is 0.264 e. The van der Waals surface area contributed by atoms with Crippen LogP contribution in [0.4, 0.5) is 5.69 Å². The number of amides is 1. The van der Waals surface area contributed by atoms with E-state index in [1.54, 1.807) is 49.4 Å². The van der Waals surface area contributed by atoms with E-state index in [1.807, 2.05) is 38.1 Å². The van der Waals surface area contributed by atoms with Crippen molar-refractivity contribution in [3.8, 4) is 0 Å². The van der Waals surface area contributed by atoms with Crippen molar-refractivity contribution in [1.82, 2.24) is 5.32 Å². The van der Waals surface area contributed by atoms with Gasteiger partial charge in [-0.2, -0.15) is 0 Å². The van der Waals surface area contributed by atoms with Gasteiger partial charge >= 0.3 is 0 Å². The average Bonchev–Trinajstić information content (AvgIpc) is 2.73. The molecular weight excluding hydrogens is 432 g/mol. The summed E-state index contributed by atoms with van der Waals surface area (Å²) in [6, 6.07) is 19.3. The molecule has 162 valence electrons. The first-order valence-corrected chi connectivity index (χ1v) is 11.7. The number of carbonyl (C=O) groups excluding carboxylic acids is 1. The van der Waals surface area contributed by atoms with Crippen LogP contribution < -0.4 is 9.62 Å². The quantitative estimate of drug-likeness (QED) is 0.556. The molecule has 31 heavy (non-hydrogen) atoms. The Bertz CT molecular complexity index is 1190. The van der Waals surface area contributed by atoms with Gasteiger partial charge < -0.3 is 5.32 Å². The summed E-state index contributed by atoms with van der Waals surface area (Å²) >= 11 is 6.15. The first-order valence-electron chi connectivity index (χ1n) is 9.84. The van der Waals surface area contributed by atoms with Gasteiger partial charge in [0.2, 0.25) is 5.91 Å². The van der Waals surface area contributed by atoms with Gasteiger partial charge in [0, 0.05) is 11.6 Å². The molecule has 0 aliphatic carbocycles. The Balaban J connectivity index is 1.91. The first-order chi connectivity index (χ1) is 14.7. The highest BCUT2D eigenvalue weighted by Crippen LogP contribution is 2.29. The molecule has 3 rings (SSSR count). The molecule has 0 bridgehead atoms. The second kappa shape index (κ2) is 9.54. The molecule has 3 aromatic rings. The van der Waals surface area contributed by atoms with E-state index in [4.69, 9.17) is 11.6 Å². The summed E-state index contributed by atoms with van der Waals surface area (Å²) in [7, 11) is -3.98. The summed E-state index contributed by atoms with van der Waals surface area (Å²) in [6.45, 7) is 5.60. The largest absolute Gasteiger partial charge is 0.350 e. The van der Waals surface area contributed by atoms with Gasteiger partial charge in [-0.25, -0.2) is 8.42 Å². The zero-order valence-electron chi connectivity index (χ0n) is 17.7. The van der Waals surface area contributed by atoms with E-state index in [0.717, 1.165) is 21.0 Å². The number of rotatable bonds is 7. The van der Waals surface area contributed by atoms with Crippen molar-refractivity contribution in [1.29, 1.82) is 0 Å². The Hall–Kier alpha value is -2.83. The van der Waals surface area contributed by atoms with Crippen molar-refractivity contribution in [2.45, 2.75) is 32.2 Å². The normalized spacial score (nSPS) is 11.2. The van der Waals surface area contributed by atoms with Gasteiger partial charge in [-0.1, -0.05) is 65.2 Å². The van der Waals surface area contributed by atoms with Crippen molar-refractivity contribution in [3.05, 3.63) is 94.0 Å². The highest BCUT2D eigenvalue weighted by molar-refractivity contribution is 7.92. The Morgan fingerprint density at radius 2 is 1.65 bits per heavy atom. The minimum Gasteiger partial charge on any atom is -0.350 e. The molecule has 1 amide bonds. The molecule has 0 aliphatic heterocycles. The van der Waals surface area contributed by atoms with Crippen LogP contribution in [0.2, 0.25) is 5.02 Å². The van der Waals surface area contributed by atoms with E-state index in [2.05, 4.69) is 5.32 Å². The van der Waals surface area contributed by atoms with Crippen LogP contribution in [-0.2, 0) is 21.4 Å². The average molecular weight is 457 g/mol. The molecule has 0 atom stereocenters.